The van der Waals surface area contributed by atoms with Crippen LogP contribution in [0.25, 0.3) is 0 Å². The predicted octanol–water partition coefficient (Wildman–Crippen LogP) is 0.682. The Morgan fingerprint density at radius 3 is 2.61 bits per heavy atom. The number of phenols is 1. The van der Waals surface area contributed by atoms with Gasteiger partial charge in [0, 0.05) is 32.7 Å². The van der Waals surface area contributed by atoms with Gasteiger partial charge in [-0.05, 0) is 12.5 Å². The Morgan fingerprint density at radius 2 is 2.00 bits per heavy atom. The summed E-state index contributed by atoms with van der Waals surface area (Å²) in [4.78, 5) is 0. The van der Waals surface area contributed by atoms with Gasteiger partial charge in [-0.1, -0.05) is 18.2 Å². The fourth-order valence-corrected chi connectivity index (χ4v) is 2.24. The molecule has 0 spiro atoms. The third-order valence-electron chi connectivity index (χ3n) is 2.73. The van der Waals surface area contributed by atoms with Crippen LogP contribution < -0.4 is 5.32 Å². The Hall–Kier alpha value is -1.11. The molecule has 0 atom stereocenters. The van der Waals surface area contributed by atoms with E-state index in [0.29, 0.717) is 13.1 Å². The van der Waals surface area contributed by atoms with Gasteiger partial charge in [0.2, 0.25) is 10.0 Å². The number of aromatic hydroxyl groups is 1. The summed E-state index contributed by atoms with van der Waals surface area (Å²) in [5, 5.41) is 12.8. The zero-order valence-electron chi connectivity index (χ0n) is 11.0. The van der Waals surface area contributed by atoms with Crippen LogP contribution in [0.2, 0.25) is 0 Å². The highest BCUT2D eigenvalue weighted by Gasteiger charge is 2.12. The molecule has 6 heteroatoms. The van der Waals surface area contributed by atoms with Gasteiger partial charge in [0.05, 0.1) is 5.75 Å². The second-order valence-corrected chi connectivity index (χ2v) is 6.66. The Kier molecular flexibility index (Phi) is 5.13. The number of rotatable bonds is 6. The third-order valence-corrected chi connectivity index (χ3v) is 4.56. The molecule has 1 rings (SSSR count). The van der Waals surface area contributed by atoms with Crippen molar-refractivity contribution in [1.82, 2.24) is 9.62 Å². The Labute approximate surface area is 108 Å². The maximum absolute atomic E-state index is 11.5. The van der Waals surface area contributed by atoms with Crippen LogP contribution in [-0.4, -0.2) is 44.2 Å². The molecule has 0 bridgehead atoms. The minimum Gasteiger partial charge on any atom is -0.507 e. The second kappa shape index (κ2) is 6.17. The highest BCUT2D eigenvalue weighted by molar-refractivity contribution is 7.89. The quantitative estimate of drug-likeness (QED) is 0.747. The lowest BCUT2D eigenvalue weighted by Gasteiger charge is -2.12. The number of nitrogens with zero attached hydrogens (tertiary/aromatic N) is 1. The van der Waals surface area contributed by atoms with Gasteiger partial charge in [0.25, 0.3) is 0 Å². The van der Waals surface area contributed by atoms with E-state index in [0.717, 1.165) is 11.1 Å². The molecule has 1 aromatic rings. The van der Waals surface area contributed by atoms with Crippen molar-refractivity contribution in [2.24, 2.45) is 0 Å². The van der Waals surface area contributed by atoms with Crippen LogP contribution in [0.4, 0.5) is 0 Å². The molecule has 0 fully saturated rings. The van der Waals surface area contributed by atoms with E-state index < -0.39 is 10.0 Å². The summed E-state index contributed by atoms with van der Waals surface area (Å²) in [5.41, 5.74) is 1.59. The summed E-state index contributed by atoms with van der Waals surface area (Å²) in [7, 11) is -0.131. The first-order valence-corrected chi connectivity index (χ1v) is 7.34. The number of hydrogen-bond donors (Lipinski definition) is 2. The van der Waals surface area contributed by atoms with Crippen LogP contribution in [0.5, 0.6) is 5.75 Å². The average molecular weight is 272 g/mol. The molecule has 102 valence electrons. The summed E-state index contributed by atoms with van der Waals surface area (Å²) in [6.45, 7) is 2.64. The molecule has 2 N–H and O–H groups in total. The largest absolute Gasteiger partial charge is 0.507 e. The molecule has 0 aliphatic heterocycles. The van der Waals surface area contributed by atoms with Gasteiger partial charge < -0.3 is 10.4 Å². The van der Waals surface area contributed by atoms with E-state index in [1.165, 1.54) is 18.4 Å². The first-order chi connectivity index (χ1) is 8.34. The van der Waals surface area contributed by atoms with Crippen molar-refractivity contribution in [2.75, 3.05) is 26.4 Å². The number of benzene rings is 1. The standard InChI is InChI=1S/C12H20N2O3S/c1-10-5-4-6-11(12(10)15)9-13-7-8-18(16,17)14(2)3/h4-6,13,15H,7-9H2,1-3H3. The first-order valence-electron chi connectivity index (χ1n) is 5.73. The highest BCUT2D eigenvalue weighted by atomic mass is 32.2. The van der Waals surface area contributed by atoms with E-state index in [1.807, 2.05) is 25.1 Å². The summed E-state index contributed by atoms with van der Waals surface area (Å²) >= 11 is 0. The number of para-hydroxylation sites is 1. The first kappa shape index (κ1) is 14.9. The van der Waals surface area contributed by atoms with Gasteiger partial charge in [-0.3, -0.25) is 0 Å². The van der Waals surface area contributed by atoms with Crippen LogP contribution in [-0.2, 0) is 16.6 Å². The van der Waals surface area contributed by atoms with Gasteiger partial charge in [-0.2, -0.15) is 0 Å². The Balaban J connectivity index is 2.46. The van der Waals surface area contributed by atoms with Crippen molar-refractivity contribution in [3.05, 3.63) is 29.3 Å². The van der Waals surface area contributed by atoms with Gasteiger partial charge in [0.1, 0.15) is 5.75 Å². The molecule has 5 nitrogen and oxygen atoms in total. The molecule has 0 radical (unpaired) electrons. The molecule has 0 saturated heterocycles. The van der Waals surface area contributed by atoms with Gasteiger partial charge in [-0.15, -0.1) is 0 Å². The summed E-state index contributed by atoms with van der Waals surface area (Å²) in [6, 6.07) is 5.51. The SMILES string of the molecule is Cc1cccc(CNCCS(=O)(=O)N(C)C)c1O. The van der Waals surface area contributed by atoms with Crippen LogP contribution in [0.3, 0.4) is 0 Å². The lowest BCUT2D eigenvalue weighted by Crippen LogP contribution is -2.31. The fraction of sp³-hybridized carbons (Fsp3) is 0.500. The molecule has 0 aromatic heterocycles. The van der Waals surface area contributed by atoms with Crippen LogP contribution in [0, 0.1) is 6.92 Å². The van der Waals surface area contributed by atoms with Crippen molar-refractivity contribution in [3.63, 3.8) is 0 Å². The highest BCUT2D eigenvalue weighted by Crippen LogP contribution is 2.20. The lowest BCUT2D eigenvalue weighted by molar-refractivity contribution is 0.460. The molecule has 0 aliphatic carbocycles. The van der Waals surface area contributed by atoms with Gasteiger partial charge in [-0.25, -0.2) is 12.7 Å². The normalized spacial score (nSPS) is 12.0. The Bertz CT molecular complexity index is 498. The number of sulfonamides is 1. The van der Waals surface area contributed by atoms with E-state index in [4.69, 9.17) is 0 Å². The summed E-state index contributed by atoms with van der Waals surface area (Å²) in [6.07, 6.45) is 0. The minimum absolute atomic E-state index is 0.0482. The molecule has 0 heterocycles. The maximum Gasteiger partial charge on any atom is 0.214 e. The monoisotopic (exact) mass is 272 g/mol. The topological polar surface area (TPSA) is 69.6 Å². The van der Waals surface area contributed by atoms with Crippen molar-refractivity contribution < 1.29 is 13.5 Å². The maximum atomic E-state index is 11.5. The van der Waals surface area contributed by atoms with Crippen LogP contribution >= 0.6 is 0 Å². The van der Waals surface area contributed by atoms with Gasteiger partial charge in [0.15, 0.2) is 0 Å². The molecular formula is C12H20N2O3S. The molecule has 0 aliphatic rings. The van der Waals surface area contributed by atoms with Crippen molar-refractivity contribution >= 4 is 10.0 Å². The molecule has 0 saturated carbocycles. The smallest absolute Gasteiger partial charge is 0.214 e. The molecule has 18 heavy (non-hydrogen) atoms. The third kappa shape index (κ3) is 3.97. The molecule has 1 aromatic carbocycles. The van der Waals surface area contributed by atoms with E-state index in [1.54, 1.807) is 0 Å². The minimum atomic E-state index is -3.16. The lowest BCUT2D eigenvalue weighted by atomic mass is 10.1. The van der Waals surface area contributed by atoms with Crippen molar-refractivity contribution in [2.45, 2.75) is 13.5 Å². The van der Waals surface area contributed by atoms with E-state index in [2.05, 4.69) is 5.32 Å². The Morgan fingerprint density at radius 1 is 1.33 bits per heavy atom. The zero-order chi connectivity index (χ0) is 13.8. The number of hydrogen-bond acceptors (Lipinski definition) is 4. The number of nitrogens with one attached hydrogen (secondary N) is 1. The second-order valence-electron chi connectivity index (χ2n) is 4.36. The van der Waals surface area contributed by atoms with Crippen molar-refractivity contribution in [3.8, 4) is 5.75 Å². The predicted molar refractivity (Wildman–Crippen MR) is 72.0 cm³/mol. The van der Waals surface area contributed by atoms with Crippen LogP contribution in [0.1, 0.15) is 11.1 Å². The fourth-order valence-electron chi connectivity index (χ4n) is 1.47. The number of phenolic OH excluding ortho intramolecular Hbond substituents is 1. The number of aryl methyl sites for hydroxylation is 1. The van der Waals surface area contributed by atoms with E-state index >= 15 is 0 Å². The summed E-state index contributed by atoms with van der Waals surface area (Å²) in [5.74, 6) is 0.313. The van der Waals surface area contributed by atoms with Crippen molar-refractivity contribution in [1.29, 1.82) is 0 Å². The van der Waals surface area contributed by atoms with E-state index in [9.17, 15) is 13.5 Å². The molecule has 0 unspecified atom stereocenters. The summed E-state index contributed by atoms with van der Waals surface area (Å²) < 4.78 is 24.2. The average Bonchev–Trinajstić information content (AvgIpc) is 2.29. The molecular weight excluding hydrogens is 252 g/mol. The van der Waals surface area contributed by atoms with E-state index in [-0.39, 0.29) is 11.5 Å². The molecule has 0 amide bonds. The zero-order valence-corrected chi connectivity index (χ0v) is 11.8. The van der Waals surface area contributed by atoms with Crippen LogP contribution in [0.15, 0.2) is 18.2 Å². The van der Waals surface area contributed by atoms with Gasteiger partial charge >= 0.3 is 0 Å².